The van der Waals surface area contributed by atoms with Gasteiger partial charge in [-0.2, -0.15) is 11.8 Å². The zero-order chi connectivity index (χ0) is 13.8. The second kappa shape index (κ2) is 8.95. The third-order valence-corrected chi connectivity index (χ3v) is 4.57. The summed E-state index contributed by atoms with van der Waals surface area (Å²) in [6, 6.07) is 0. The van der Waals surface area contributed by atoms with Gasteiger partial charge in [-0.25, -0.2) is 0 Å². The molecule has 3 rings (SSSR count). The van der Waals surface area contributed by atoms with Crippen molar-refractivity contribution in [3.63, 3.8) is 0 Å². The van der Waals surface area contributed by atoms with Crippen molar-refractivity contribution in [3.05, 3.63) is 0 Å². The van der Waals surface area contributed by atoms with Gasteiger partial charge in [0.15, 0.2) is 6.29 Å². The van der Waals surface area contributed by atoms with Crippen LogP contribution in [-0.2, 0) is 14.3 Å². The van der Waals surface area contributed by atoms with Crippen LogP contribution < -0.4 is 34.7 Å². The van der Waals surface area contributed by atoms with Crippen LogP contribution in [-0.4, -0.2) is 58.9 Å². The molecule has 0 amide bonds. The number of ether oxygens (including phenoxy) is 2. The summed E-state index contributed by atoms with van der Waals surface area (Å²) < 4.78 is 11.1. The average molecular weight is 314 g/mol. The second-order valence-electron chi connectivity index (χ2n) is 4.94. The molecule has 5 atom stereocenters. The van der Waals surface area contributed by atoms with E-state index >= 15 is 0 Å². The van der Waals surface area contributed by atoms with Crippen molar-refractivity contribution in [1.29, 1.82) is 0 Å². The molecule has 0 radical (unpaired) electrons. The predicted octanol–water partition coefficient (Wildman–Crippen LogP) is -4.26. The summed E-state index contributed by atoms with van der Waals surface area (Å²) >= 11 is 1.20. The molecule has 3 heterocycles. The number of hydrogen-bond donors (Lipinski definition) is 2. The van der Waals surface area contributed by atoms with E-state index in [0.717, 1.165) is 19.3 Å². The quantitative estimate of drug-likeness (QED) is 0.507. The summed E-state index contributed by atoms with van der Waals surface area (Å²) in [7, 11) is 0. The van der Waals surface area contributed by atoms with Gasteiger partial charge in [-0.05, 0) is 12.8 Å². The number of aliphatic carboxylic acids is 1. The average Bonchev–Trinajstić information content (AvgIpc) is 2.49. The number of fused-ring (bicyclic) bond motifs is 6. The first-order valence-corrected chi connectivity index (χ1v) is 7.66. The molecule has 110 valence electrons. The summed E-state index contributed by atoms with van der Waals surface area (Å²) in [5, 5.41) is 30.5. The first kappa shape index (κ1) is 18.7. The van der Waals surface area contributed by atoms with Gasteiger partial charge in [-0.15, -0.1) is 0 Å². The molecule has 2 bridgehead atoms. The van der Waals surface area contributed by atoms with E-state index in [1.165, 1.54) is 11.8 Å². The van der Waals surface area contributed by atoms with Gasteiger partial charge in [-0.1, -0.05) is 6.42 Å². The zero-order valence-corrected chi connectivity index (χ0v) is 14.4. The van der Waals surface area contributed by atoms with E-state index in [-0.39, 0.29) is 47.3 Å². The summed E-state index contributed by atoms with van der Waals surface area (Å²) in [4.78, 5) is 10.4. The van der Waals surface area contributed by atoms with Crippen molar-refractivity contribution in [1.82, 2.24) is 0 Å². The van der Waals surface area contributed by atoms with Crippen molar-refractivity contribution in [2.45, 2.75) is 43.9 Å². The number of rotatable bonds is 4. The molecule has 0 aromatic rings. The van der Waals surface area contributed by atoms with Crippen LogP contribution in [0.15, 0.2) is 0 Å². The van der Waals surface area contributed by atoms with Crippen LogP contribution in [0.3, 0.4) is 0 Å². The monoisotopic (exact) mass is 314 g/mol. The van der Waals surface area contributed by atoms with Gasteiger partial charge in [0, 0.05) is 24.0 Å². The maximum absolute atomic E-state index is 10.4. The van der Waals surface area contributed by atoms with Gasteiger partial charge in [0.05, 0.1) is 18.2 Å². The molecule has 2 N–H and O–H groups in total. The number of carbonyl (C=O) groups excluding carboxylic acids is 1. The van der Waals surface area contributed by atoms with Crippen molar-refractivity contribution in [2.75, 3.05) is 18.1 Å². The van der Waals surface area contributed by atoms with Gasteiger partial charge in [0.25, 0.3) is 0 Å². The van der Waals surface area contributed by atoms with Gasteiger partial charge in [-0.3, -0.25) is 0 Å². The van der Waals surface area contributed by atoms with E-state index in [9.17, 15) is 20.1 Å². The smallest absolute Gasteiger partial charge is 0.549 e. The van der Waals surface area contributed by atoms with Crippen LogP contribution in [0.5, 0.6) is 0 Å². The topological polar surface area (TPSA) is 99.1 Å². The Kier molecular flexibility index (Phi) is 8.37. The molecule has 8 heteroatoms. The summed E-state index contributed by atoms with van der Waals surface area (Å²) in [6.07, 6.45) is -0.536. The van der Waals surface area contributed by atoms with E-state index in [2.05, 4.69) is 0 Å². The number of thioether (sulfide) groups is 1. The fourth-order valence-electron chi connectivity index (χ4n) is 2.59. The molecule has 3 aliphatic rings. The van der Waals surface area contributed by atoms with Gasteiger partial charge in [0.2, 0.25) is 0 Å². The maximum Gasteiger partial charge on any atom is 1.00 e. The van der Waals surface area contributed by atoms with Gasteiger partial charge >= 0.3 is 29.6 Å². The van der Waals surface area contributed by atoms with Crippen molar-refractivity contribution in [2.24, 2.45) is 5.92 Å². The molecule has 3 saturated heterocycles. The van der Waals surface area contributed by atoms with Crippen molar-refractivity contribution < 1.29 is 59.1 Å². The summed E-state index contributed by atoms with van der Waals surface area (Å²) in [5.74, 6) is -0.948. The van der Waals surface area contributed by atoms with Gasteiger partial charge < -0.3 is 29.6 Å². The Morgan fingerprint density at radius 3 is 2.75 bits per heavy atom. The Bertz CT molecular complexity index is 316. The number of aliphatic hydroxyl groups is 2. The van der Waals surface area contributed by atoms with Crippen LogP contribution in [0.1, 0.15) is 19.3 Å². The molecule has 0 aliphatic carbocycles. The molecule has 0 saturated carbocycles. The third-order valence-electron chi connectivity index (χ3n) is 3.57. The molecule has 6 nitrogen and oxygen atoms in total. The van der Waals surface area contributed by atoms with E-state index < -0.39 is 24.5 Å². The number of hydrogen-bond acceptors (Lipinski definition) is 7. The maximum atomic E-state index is 10.4. The van der Waals surface area contributed by atoms with E-state index in [4.69, 9.17) is 9.47 Å². The molecule has 0 aromatic heterocycles. The minimum Gasteiger partial charge on any atom is -0.549 e. The normalized spacial score (nSPS) is 37.4. The van der Waals surface area contributed by atoms with Crippen LogP contribution in [0, 0.1) is 5.92 Å². The second-order valence-corrected chi connectivity index (χ2v) is 5.97. The molecule has 0 spiro atoms. The molecular weight excluding hydrogens is 295 g/mol. The molecule has 0 aromatic carbocycles. The Balaban J connectivity index is 0.00000200. The number of carbonyl (C=O) groups is 1. The zero-order valence-electron chi connectivity index (χ0n) is 11.6. The first-order chi connectivity index (χ1) is 9.09. The molecule has 20 heavy (non-hydrogen) atoms. The number of carboxylic acid groups (broad SMARTS) is 1. The fourth-order valence-corrected chi connectivity index (χ4v) is 3.43. The van der Waals surface area contributed by atoms with Crippen LogP contribution in [0.4, 0.5) is 0 Å². The van der Waals surface area contributed by atoms with E-state index in [1.54, 1.807) is 0 Å². The van der Waals surface area contributed by atoms with Crippen molar-refractivity contribution >= 4 is 17.7 Å². The minimum absolute atomic E-state index is 0. The summed E-state index contributed by atoms with van der Waals surface area (Å²) in [6.45, 7) is 0.500. The van der Waals surface area contributed by atoms with Gasteiger partial charge in [0.1, 0.15) is 6.10 Å². The van der Waals surface area contributed by atoms with Crippen molar-refractivity contribution in [3.8, 4) is 0 Å². The molecule has 3 fully saturated rings. The van der Waals surface area contributed by atoms with E-state index in [1.807, 2.05) is 0 Å². The Labute approximate surface area is 144 Å². The van der Waals surface area contributed by atoms with Crippen LogP contribution in [0.2, 0.25) is 0 Å². The SMILES string of the molecule is O=C([O-])CSCC1OC2OCCCCC1C(O)C2O.[Na+]. The summed E-state index contributed by atoms with van der Waals surface area (Å²) in [5.41, 5.74) is 0. The fraction of sp³-hybridized carbons (Fsp3) is 0.917. The number of aliphatic hydroxyl groups excluding tert-OH is 2. The Morgan fingerprint density at radius 2 is 2.05 bits per heavy atom. The first-order valence-electron chi connectivity index (χ1n) is 6.50. The third kappa shape index (κ3) is 4.84. The van der Waals surface area contributed by atoms with Crippen LogP contribution >= 0.6 is 11.8 Å². The Hall–Kier alpha value is 0.660. The molecule has 3 aliphatic heterocycles. The van der Waals surface area contributed by atoms with E-state index in [0.29, 0.717) is 12.4 Å². The van der Waals surface area contributed by atoms with Crippen LogP contribution in [0.25, 0.3) is 0 Å². The largest absolute Gasteiger partial charge is 1.00 e. The minimum atomic E-state index is -1.12. The Morgan fingerprint density at radius 1 is 1.30 bits per heavy atom. The number of carboxylic acids is 1. The predicted molar refractivity (Wildman–Crippen MR) is 66.3 cm³/mol. The molecule has 5 unspecified atom stereocenters. The molecular formula is C12H19NaO6S. The standard InChI is InChI=1S/C12H20O6S.Na/c13-9(14)6-19-5-8-7-3-1-2-4-17-12(18-8)11(16)10(7)15;/h7-8,10-12,15-16H,1-6H2,(H,13,14);/q;+1/p-1.